The van der Waals surface area contributed by atoms with Crippen LogP contribution in [-0.4, -0.2) is 38.0 Å². The van der Waals surface area contributed by atoms with Gasteiger partial charge in [-0.3, -0.25) is 4.79 Å². The first-order valence-electron chi connectivity index (χ1n) is 10.8. The highest BCUT2D eigenvalue weighted by atomic mass is 32.2. The molecule has 4 rings (SSSR count). The Morgan fingerprint density at radius 3 is 2.31 bits per heavy atom. The van der Waals surface area contributed by atoms with Gasteiger partial charge in [0.25, 0.3) is 0 Å². The zero-order valence-electron chi connectivity index (χ0n) is 18.3. The van der Waals surface area contributed by atoms with E-state index in [1.165, 1.54) is 9.20 Å². The third kappa shape index (κ3) is 4.85. The Hall–Kier alpha value is -2.35. The molecule has 1 saturated heterocycles. The number of carbonyl (C=O) groups is 1. The molecule has 1 fully saturated rings. The van der Waals surface area contributed by atoms with Crippen LogP contribution in [0.2, 0.25) is 0 Å². The van der Waals surface area contributed by atoms with E-state index in [9.17, 15) is 13.2 Å². The van der Waals surface area contributed by atoms with Gasteiger partial charge < -0.3 is 5.32 Å². The lowest BCUT2D eigenvalue weighted by Crippen LogP contribution is -2.43. The van der Waals surface area contributed by atoms with Crippen molar-refractivity contribution in [1.82, 2.24) is 9.62 Å². The molecule has 7 heteroatoms. The van der Waals surface area contributed by atoms with Crippen LogP contribution >= 0.6 is 11.8 Å². The Kier molecular flexibility index (Phi) is 6.88. The lowest BCUT2D eigenvalue weighted by Gasteiger charge is -2.31. The van der Waals surface area contributed by atoms with Crippen LogP contribution in [-0.2, 0) is 14.8 Å². The van der Waals surface area contributed by atoms with E-state index in [0.717, 1.165) is 16.3 Å². The van der Waals surface area contributed by atoms with E-state index in [-0.39, 0.29) is 17.9 Å². The van der Waals surface area contributed by atoms with Gasteiger partial charge in [0, 0.05) is 23.9 Å². The molecule has 0 spiro atoms. The zero-order chi connectivity index (χ0) is 22.7. The number of hydrogen-bond donors (Lipinski definition) is 1. The van der Waals surface area contributed by atoms with E-state index in [0.29, 0.717) is 30.8 Å². The molecule has 1 aliphatic heterocycles. The molecular formula is C25H28N2O3S2. The molecule has 1 heterocycles. The molecule has 0 aliphatic carbocycles. The first-order valence-corrected chi connectivity index (χ1v) is 13.5. The third-order valence-corrected chi connectivity index (χ3v) is 8.80. The van der Waals surface area contributed by atoms with E-state index < -0.39 is 10.0 Å². The van der Waals surface area contributed by atoms with E-state index in [4.69, 9.17) is 0 Å². The monoisotopic (exact) mass is 468 g/mol. The fraction of sp³-hybridized carbons (Fsp3) is 0.320. The van der Waals surface area contributed by atoms with Crippen molar-refractivity contribution in [2.24, 2.45) is 5.92 Å². The summed E-state index contributed by atoms with van der Waals surface area (Å²) < 4.78 is 27.8. The second kappa shape index (κ2) is 9.65. The molecule has 1 aliphatic rings. The average Bonchev–Trinajstić information content (AvgIpc) is 2.83. The zero-order valence-corrected chi connectivity index (χ0v) is 20.0. The molecule has 32 heavy (non-hydrogen) atoms. The van der Waals surface area contributed by atoms with Crippen molar-refractivity contribution in [3.05, 3.63) is 72.3 Å². The van der Waals surface area contributed by atoms with Gasteiger partial charge in [0.2, 0.25) is 15.9 Å². The molecule has 0 aromatic heterocycles. The molecule has 3 aromatic rings. The van der Waals surface area contributed by atoms with E-state index in [1.807, 2.05) is 55.6 Å². The summed E-state index contributed by atoms with van der Waals surface area (Å²) in [5.74, 6) is -0.180. The normalized spacial score (nSPS) is 16.7. The smallest absolute Gasteiger partial charge is 0.243 e. The van der Waals surface area contributed by atoms with Crippen molar-refractivity contribution in [1.29, 1.82) is 0 Å². The summed E-state index contributed by atoms with van der Waals surface area (Å²) in [4.78, 5) is 14.3. The second-order valence-corrected chi connectivity index (χ2v) is 11.0. The third-order valence-electron chi connectivity index (χ3n) is 6.16. The average molecular weight is 469 g/mol. The Labute approximate surface area is 194 Å². The number of nitrogens with zero attached hydrogens (tertiary/aromatic N) is 1. The van der Waals surface area contributed by atoms with E-state index in [2.05, 4.69) is 17.4 Å². The largest absolute Gasteiger partial charge is 0.349 e. The van der Waals surface area contributed by atoms with Crippen LogP contribution in [0.15, 0.2) is 76.5 Å². The highest BCUT2D eigenvalue weighted by molar-refractivity contribution is 7.98. The number of hydrogen-bond acceptors (Lipinski definition) is 4. The lowest BCUT2D eigenvalue weighted by molar-refractivity contribution is -0.126. The van der Waals surface area contributed by atoms with Gasteiger partial charge in [-0.25, -0.2) is 8.42 Å². The SMILES string of the molecule is CSc1ccc(C(C)NC(=O)C2CCN(S(=O)(=O)c3ccc4ccccc4c3)CC2)cc1. The van der Waals surface area contributed by atoms with Crippen LogP contribution in [0.1, 0.15) is 31.4 Å². The van der Waals surface area contributed by atoms with Crippen molar-refractivity contribution in [3.8, 4) is 0 Å². The van der Waals surface area contributed by atoms with Crippen LogP contribution in [0.3, 0.4) is 0 Å². The number of rotatable bonds is 6. The number of benzene rings is 3. The first kappa shape index (κ1) is 22.8. The fourth-order valence-electron chi connectivity index (χ4n) is 4.14. The van der Waals surface area contributed by atoms with Crippen molar-refractivity contribution in [2.45, 2.75) is 35.6 Å². The summed E-state index contributed by atoms with van der Waals surface area (Å²) in [7, 11) is -3.58. The molecule has 168 valence electrons. The van der Waals surface area contributed by atoms with Crippen LogP contribution in [0.25, 0.3) is 10.8 Å². The minimum atomic E-state index is -3.58. The van der Waals surface area contributed by atoms with Crippen LogP contribution in [0, 0.1) is 5.92 Å². The quantitative estimate of drug-likeness (QED) is 0.526. The first-order chi connectivity index (χ1) is 15.4. The predicted octanol–water partition coefficient (Wildman–Crippen LogP) is 4.84. The number of fused-ring (bicyclic) bond motifs is 1. The number of thioether (sulfide) groups is 1. The molecule has 1 unspecified atom stereocenters. The summed E-state index contributed by atoms with van der Waals surface area (Å²) in [6.45, 7) is 2.68. The Morgan fingerprint density at radius 1 is 1.00 bits per heavy atom. The number of sulfonamides is 1. The van der Waals surface area contributed by atoms with Gasteiger partial charge in [-0.15, -0.1) is 11.8 Å². The molecule has 5 nitrogen and oxygen atoms in total. The minimum absolute atomic E-state index is 0.00537. The Bertz CT molecular complexity index is 1200. The van der Waals surface area contributed by atoms with E-state index in [1.54, 1.807) is 23.9 Å². The number of piperidine rings is 1. The topological polar surface area (TPSA) is 66.5 Å². The molecular weight excluding hydrogens is 440 g/mol. The Morgan fingerprint density at radius 2 is 1.66 bits per heavy atom. The fourth-order valence-corrected chi connectivity index (χ4v) is 6.06. The Balaban J connectivity index is 1.37. The highest BCUT2D eigenvalue weighted by Gasteiger charge is 2.32. The maximum absolute atomic E-state index is 13.1. The molecule has 1 amide bonds. The molecule has 0 bridgehead atoms. The van der Waals surface area contributed by atoms with Crippen molar-refractivity contribution in [2.75, 3.05) is 19.3 Å². The van der Waals surface area contributed by atoms with Crippen molar-refractivity contribution < 1.29 is 13.2 Å². The van der Waals surface area contributed by atoms with Crippen molar-refractivity contribution >= 4 is 38.5 Å². The van der Waals surface area contributed by atoms with Gasteiger partial charge in [0.05, 0.1) is 10.9 Å². The maximum Gasteiger partial charge on any atom is 0.243 e. The molecule has 1 atom stereocenters. The summed E-state index contributed by atoms with van der Waals surface area (Å²) in [6, 6.07) is 21.1. The predicted molar refractivity (Wildman–Crippen MR) is 130 cm³/mol. The standard InChI is InChI=1S/C25H28N2O3S2/c1-18(19-7-10-23(31-2)11-8-19)26-25(28)21-13-15-27(16-14-21)32(29,30)24-12-9-20-5-3-4-6-22(20)17-24/h3-12,17-18,21H,13-16H2,1-2H3,(H,26,28). The van der Waals surface area contributed by atoms with Gasteiger partial charge in [-0.1, -0.05) is 42.5 Å². The summed E-state index contributed by atoms with van der Waals surface area (Å²) >= 11 is 1.69. The minimum Gasteiger partial charge on any atom is -0.349 e. The molecule has 3 aromatic carbocycles. The highest BCUT2D eigenvalue weighted by Crippen LogP contribution is 2.27. The van der Waals surface area contributed by atoms with Gasteiger partial charge in [0.15, 0.2) is 0 Å². The molecule has 0 saturated carbocycles. The second-order valence-electron chi connectivity index (χ2n) is 8.19. The van der Waals surface area contributed by atoms with Crippen LogP contribution in [0.4, 0.5) is 0 Å². The lowest BCUT2D eigenvalue weighted by atomic mass is 9.96. The number of carbonyl (C=O) groups excluding carboxylic acids is 1. The van der Waals surface area contributed by atoms with Crippen LogP contribution in [0.5, 0.6) is 0 Å². The van der Waals surface area contributed by atoms with Crippen LogP contribution < -0.4 is 5.32 Å². The van der Waals surface area contributed by atoms with E-state index >= 15 is 0 Å². The van der Waals surface area contributed by atoms with Gasteiger partial charge in [-0.2, -0.15) is 4.31 Å². The van der Waals surface area contributed by atoms with Gasteiger partial charge >= 0.3 is 0 Å². The number of amides is 1. The van der Waals surface area contributed by atoms with Gasteiger partial charge in [-0.05, 0) is 66.6 Å². The summed E-state index contributed by atoms with van der Waals surface area (Å²) in [5.41, 5.74) is 1.06. The molecule has 0 radical (unpaired) electrons. The van der Waals surface area contributed by atoms with Crippen molar-refractivity contribution in [3.63, 3.8) is 0 Å². The number of nitrogens with one attached hydrogen (secondary N) is 1. The van der Waals surface area contributed by atoms with Gasteiger partial charge in [0.1, 0.15) is 0 Å². The molecule has 1 N–H and O–H groups in total. The maximum atomic E-state index is 13.1. The summed E-state index contributed by atoms with van der Waals surface area (Å²) in [6.07, 6.45) is 3.08. The summed E-state index contributed by atoms with van der Waals surface area (Å²) in [5, 5.41) is 5.01.